The molecule has 2 rings (SSSR count). The van der Waals surface area contributed by atoms with Crippen molar-refractivity contribution in [2.75, 3.05) is 23.9 Å². The first kappa shape index (κ1) is 23.8. The lowest BCUT2D eigenvalue weighted by molar-refractivity contribution is -0.0583. The molecule has 30 heavy (non-hydrogen) atoms. The Hall–Kier alpha value is -2.45. The Morgan fingerprint density at radius 1 is 1.17 bits per heavy atom. The van der Waals surface area contributed by atoms with Gasteiger partial charge in [0, 0.05) is 5.70 Å². The molecule has 0 spiro atoms. The standard InChI is InChI=1S/C21H20ClF3N2O2S/c1-30-12-4-11-29-20(28)15-9-7-14(8-10-15)18(13-19(26)21(23,24)25)27-17-6-3-2-5-16(17)22/h2-3,5-10,13,26-27H,4,11-12H2,1H3/b18-13-,26-19?. The van der Waals surface area contributed by atoms with Gasteiger partial charge in [0.2, 0.25) is 0 Å². The van der Waals surface area contributed by atoms with Gasteiger partial charge in [-0.05, 0) is 54.3 Å². The van der Waals surface area contributed by atoms with E-state index in [1.807, 2.05) is 6.26 Å². The fraction of sp³-hybridized carbons (Fsp3) is 0.238. The third-order valence-corrected chi connectivity index (χ3v) is 4.92. The Balaban J connectivity index is 2.25. The van der Waals surface area contributed by atoms with Crippen LogP contribution in [0.25, 0.3) is 5.70 Å². The lowest BCUT2D eigenvalue weighted by Crippen LogP contribution is -2.20. The number of hydrogen-bond donors (Lipinski definition) is 2. The van der Waals surface area contributed by atoms with E-state index in [2.05, 4.69) is 5.32 Å². The van der Waals surface area contributed by atoms with E-state index in [0.717, 1.165) is 12.2 Å². The summed E-state index contributed by atoms with van der Waals surface area (Å²) in [6.07, 6.45) is -1.42. The normalized spacial score (nSPS) is 11.8. The smallest absolute Gasteiger partial charge is 0.432 e. The fourth-order valence-electron chi connectivity index (χ4n) is 2.36. The van der Waals surface area contributed by atoms with Crippen molar-refractivity contribution in [2.24, 2.45) is 0 Å². The number of anilines is 1. The third kappa shape index (κ3) is 7.11. The average Bonchev–Trinajstić information content (AvgIpc) is 2.71. The molecule has 0 saturated heterocycles. The highest BCUT2D eigenvalue weighted by Crippen LogP contribution is 2.27. The summed E-state index contributed by atoms with van der Waals surface area (Å²) < 4.78 is 43.9. The molecule has 9 heteroatoms. The minimum absolute atomic E-state index is 0.0188. The molecule has 0 saturated carbocycles. The van der Waals surface area contributed by atoms with E-state index in [4.69, 9.17) is 21.7 Å². The molecule has 0 radical (unpaired) electrons. The van der Waals surface area contributed by atoms with E-state index < -0.39 is 17.9 Å². The first-order valence-electron chi connectivity index (χ1n) is 8.88. The van der Waals surface area contributed by atoms with Crippen LogP contribution < -0.4 is 5.32 Å². The van der Waals surface area contributed by atoms with Gasteiger partial charge in [-0.1, -0.05) is 35.9 Å². The van der Waals surface area contributed by atoms with Crippen LogP contribution in [0.2, 0.25) is 5.02 Å². The minimum atomic E-state index is -4.80. The highest BCUT2D eigenvalue weighted by molar-refractivity contribution is 7.98. The van der Waals surface area contributed by atoms with E-state index in [1.54, 1.807) is 36.0 Å². The molecule has 0 unspecified atom stereocenters. The van der Waals surface area contributed by atoms with Crippen LogP contribution in [0.15, 0.2) is 54.6 Å². The van der Waals surface area contributed by atoms with Gasteiger partial charge in [-0.25, -0.2) is 4.79 Å². The fourth-order valence-corrected chi connectivity index (χ4v) is 2.95. The van der Waals surface area contributed by atoms with Crippen molar-refractivity contribution in [1.82, 2.24) is 0 Å². The van der Waals surface area contributed by atoms with Crippen LogP contribution >= 0.6 is 23.4 Å². The number of carbonyl (C=O) groups excluding carboxylic acids is 1. The summed E-state index contributed by atoms with van der Waals surface area (Å²) in [5.74, 6) is 0.370. The number of halogens is 4. The average molecular weight is 457 g/mol. The number of carbonyl (C=O) groups is 1. The Kier molecular flexibility index (Phi) is 8.80. The zero-order valence-electron chi connectivity index (χ0n) is 16.1. The van der Waals surface area contributed by atoms with Gasteiger partial charge in [-0.2, -0.15) is 24.9 Å². The molecule has 0 bridgehead atoms. The minimum Gasteiger partial charge on any atom is -0.462 e. The van der Waals surface area contributed by atoms with Crippen molar-refractivity contribution < 1.29 is 22.7 Å². The summed E-state index contributed by atoms with van der Waals surface area (Å²) in [6, 6.07) is 12.5. The molecule has 0 aliphatic carbocycles. The SMILES string of the molecule is CSCCCOC(=O)c1ccc(/C(=C/C(=N)C(F)(F)F)Nc2ccccc2Cl)cc1. The number of ether oxygens (including phenoxy) is 1. The van der Waals surface area contributed by atoms with Crippen molar-refractivity contribution in [2.45, 2.75) is 12.6 Å². The van der Waals surface area contributed by atoms with E-state index in [1.165, 1.54) is 24.3 Å². The van der Waals surface area contributed by atoms with E-state index in [-0.39, 0.29) is 11.3 Å². The molecular formula is C21H20ClF3N2O2S. The van der Waals surface area contributed by atoms with Crippen LogP contribution in [0.4, 0.5) is 18.9 Å². The number of allylic oxidation sites excluding steroid dienone is 1. The maximum atomic E-state index is 12.9. The van der Waals surface area contributed by atoms with Gasteiger partial charge < -0.3 is 10.1 Å². The molecule has 0 atom stereocenters. The van der Waals surface area contributed by atoms with Gasteiger partial charge in [-0.15, -0.1) is 0 Å². The Labute approximate surface area is 182 Å². The third-order valence-electron chi connectivity index (χ3n) is 3.89. The summed E-state index contributed by atoms with van der Waals surface area (Å²) in [7, 11) is 0. The number of rotatable bonds is 9. The molecule has 4 nitrogen and oxygen atoms in total. The van der Waals surface area contributed by atoms with Crippen LogP contribution in [0.5, 0.6) is 0 Å². The number of esters is 1. The van der Waals surface area contributed by atoms with Crippen LogP contribution in [0.3, 0.4) is 0 Å². The molecule has 0 fully saturated rings. The van der Waals surface area contributed by atoms with Crippen LogP contribution in [-0.2, 0) is 4.74 Å². The van der Waals surface area contributed by atoms with Crippen molar-refractivity contribution in [3.8, 4) is 0 Å². The Bertz CT molecular complexity index is 915. The van der Waals surface area contributed by atoms with Crippen LogP contribution in [-0.4, -0.2) is 36.5 Å². The number of hydrogen-bond acceptors (Lipinski definition) is 5. The van der Waals surface area contributed by atoms with Crippen molar-refractivity contribution in [1.29, 1.82) is 5.41 Å². The molecule has 160 valence electrons. The van der Waals surface area contributed by atoms with E-state index in [0.29, 0.717) is 29.0 Å². The second-order valence-electron chi connectivity index (χ2n) is 6.13. The monoisotopic (exact) mass is 456 g/mol. The Morgan fingerprint density at radius 2 is 1.80 bits per heavy atom. The summed E-state index contributed by atoms with van der Waals surface area (Å²) in [5, 5.41) is 10.5. The molecule has 0 amide bonds. The second kappa shape index (κ2) is 11.1. The van der Waals surface area contributed by atoms with Gasteiger partial charge in [0.15, 0.2) is 0 Å². The van der Waals surface area contributed by atoms with E-state index in [9.17, 15) is 18.0 Å². The van der Waals surface area contributed by atoms with Crippen molar-refractivity contribution in [3.05, 3.63) is 70.8 Å². The number of thioether (sulfide) groups is 1. The van der Waals surface area contributed by atoms with Crippen LogP contribution in [0, 0.1) is 5.41 Å². The number of benzene rings is 2. The highest BCUT2D eigenvalue weighted by atomic mass is 35.5. The lowest BCUT2D eigenvalue weighted by Gasteiger charge is -2.15. The summed E-state index contributed by atoms with van der Waals surface area (Å²) in [4.78, 5) is 12.1. The second-order valence-corrected chi connectivity index (χ2v) is 7.53. The van der Waals surface area contributed by atoms with Gasteiger partial charge >= 0.3 is 12.1 Å². The Morgan fingerprint density at radius 3 is 2.40 bits per heavy atom. The molecule has 0 aliphatic heterocycles. The lowest BCUT2D eigenvalue weighted by atomic mass is 10.1. The topological polar surface area (TPSA) is 62.2 Å². The van der Waals surface area contributed by atoms with Gasteiger partial charge in [0.1, 0.15) is 5.71 Å². The maximum absolute atomic E-state index is 12.9. The van der Waals surface area contributed by atoms with Crippen molar-refractivity contribution >= 4 is 46.4 Å². The summed E-state index contributed by atoms with van der Waals surface area (Å²) in [5.41, 5.74) is -0.480. The molecule has 2 aromatic carbocycles. The molecule has 0 heterocycles. The van der Waals surface area contributed by atoms with Gasteiger partial charge in [0.25, 0.3) is 0 Å². The molecule has 2 aromatic rings. The van der Waals surface area contributed by atoms with Crippen LogP contribution in [0.1, 0.15) is 22.3 Å². The zero-order valence-corrected chi connectivity index (χ0v) is 17.6. The highest BCUT2D eigenvalue weighted by Gasteiger charge is 2.33. The maximum Gasteiger partial charge on any atom is 0.432 e. The molecule has 0 aromatic heterocycles. The van der Waals surface area contributed by atoms with Gasteiger partial charge in [0.05, 0.1) is 22.9 Å². The number of alkyl halides is 3. The largest absolute Gasteiger partial charge is 0.462 e. The molecule has 2 N–H and O–H groups in total. The summed E-state index contributed by atoms with van der Waals surface area (Å²) in [6.45, 7) is 0.295. The quantitative estimate of drug-likeness (QED) is 0.264. The van der Waals surface area contributed by atoms with E-state index >= 15 is 0 Å². The zero-order chi connectivity index (χ0) is 22.1. The first-order chi connectivity index (χ1) is 14.2. The number of para-hydroxylation sites is 1. The molecule has 0 aliphatic rings. The predicted octanol–water partition coefficient (Wildman–Crippen LogP) is 6.28. The summed E-state index contributed by atoms with van der Waals surface area (Å²) >= 11 is 7.74. The van der Waals surface area contributed by atoms with Crippen molar-refractivity contribution in [3.63, 3.8) is 0 Å². The number of nitrogens with one attached hydrogen (secondary N) is 2. The predicted molar refractivity (Wildman–Crippen MR) is 117 cm³/mol. The first-order valence-corrected chi connectivity index (χ1v) is 10.6. The molecular weight excluding hydrogens is 437 g/mol. The van der Waals surface area contributed by atoms with Gasteiger partial charge in [-0.3, -0.25) is 5.41 Å².